The minimum Gasteiger partial charge on any atom is -0.384 e. The molecule has 0 atom stereocenters. The van der Waals surface area contributed by atoms with Gasteiger partial charge < -0.3 is 11.1 Å². The monoisotopic (exact) mass is 433 g/mol. The van der Waals surface area contributed by atoms with Crippen molar-refractivity contribution >= 4 is 56.9 Å². The van der Waals surface area contributed by atoms with E-state index < -0.39 is 0 Å². The number of nitrogens with two attached hydrogens (primary N) is 1. The summed E-state index contributed by atoms with van der Waals surface area (Å²) in [6.45, 7) is 0.421. The largest absolute Gasteiger partial charge is 0.384 e. The first-order chi connectivity index (χ1) is 14.6. The zero-order chi connectivity index (χ0) is 20.7. The van der Waals surface area contributed by atoms with E-state index in [0.29, 0.717) is 33.8 Å². The lowest BCUT2D eigenvalue weighted by Gasteiger charge is -2.08. The molecule has 0 unspecified atom stereocenters. The normalized spacial score (nSPS) is 11.2. The minimum atomic E-state index is -0.289. The Kier molecular flexibility index (Phi) is 4.61. The number of hydrogen-bond acceptors (Lipinski definition) is 5. The van der Waals surface area contributed by atoms with Gasteiger partial charge in [-0.05, 0) is 47.8 Å². The fraction of sp³-hybridized carbons (Fsp3) is 0.0455. The Balaban J connectivity index is 1.70. The number of para-hydroxylation sites is 2. The average molecular weight is 434 g/mol. The number of nitrogens with zero attached hydrogens (tertiary/aromatic N) is 3. The molecule has 6 nitrogen and oxygen atoms in total. The van der Waals surface area contributed by atoms with Crippen LogP contribution in [-0.4, -0.2) is 20.4 Å². The molecule has 0 aliphatic rings. The Labute approximate surface area is 180 Å². The van der Waals surface area contributed by atoms with Crippen molar-refractivity contribution in [1.29, 1.82) is 0 Å². The molecule has 0 spiro atoms. The first kappa shape index (κ1) is 18.6. The maximum atomic E-state index is 13.1. The molecule has 30 heavy (non-hydrogen) atoms. The quantitative estimate of drug-likeness (QED) is 0.426. The van der Waals surface area contributed by atoms with Crippen LogP contribution in [0.5, 0.6) is 0 Å². The van der Waals surface area contributed by atoms with Crippen LogP contribution in [0.2, 0.25) is 5.02 Å². The van der Waals surface area contributed by atoms with Gasteiger partial charge in [-0.2, -0.15) is 0 Å². The standard InChI is InChI=1S/C22H16ClN5OS/c23-13-7-9-14(10-8-13)28-20(24)18(22(29)25-12-15-4-3-11-30-15)19-21(28)27-17-6-2-1-5-16(17)26-19/h1-11H,12,24H2,(H,25,29). The third-order valence-electron chi connectivity index (χ3n) is 4.81. The van der Waals surface area contributed by atoms with Crippen molar-refractivity contribution in [2.45, 2.75) is 6.54 Å². The SMILES string of the molecule is Nc1c(C(=O)NCc2cccs2)c2nc3ccccc3nc2n1-c1ccc(Cl)cc1. The van der Waals surface area contributed by atoms with E-state index in [1.54, 1.807) is 28.0 Å². The molecule has 0 bridgehead atoms. The fourth-order valence-corrected chi connectivity index (χ4v) is 4.18. The predicted octanol–water partition coefficient (Wildman–Crippen LogP) is 4.80. The van der Waals surface area contributed by atoms with Crippen LogP contribution in [-0.2, 0) is 6.54 Å². The van der Waals surface area contributed by atoms with Gasteiger partial charge in [0.05, 0.1) is 17.6 Å². The van der Waals surface area contributed by atoms with E-state index in [-0.39, 0.29) is 11.7 Å². The lowest BCUT2D eigenvalue weighted by atomic mass is 10.2. The summed E-state index contributed by atoms with van der Waals surface area (Å²) in [5.41, 5.74) is 9.97. The second-order valence-corrected chi connectivity index (χ2v) is 8.19. The number of benzene rings is 2. The molecule has 1 amide bonds. The summed E-state index contributed by atoms with van der Waals surface area (Å²) in [5.74, 6) is -0.00509. The van der Waals surface area contributed by atoms with E-state index in [1.807, 2.05) is 53.9 Å². The number of thiophene rings is 1. The molecule has 8 heteroatoms. The lowest BCUT2D eigenvalue weighted by molar-refractivity contribution is 0.0953. The Morgan fingerprint density at radius 2 is 1.77 bits per heavy atom. The van der Waals surface area contributed by atoms with E-state index in [0.717, 1.165) is 16.1 Å². The maximum Gasteiger partial charge on any atom is 0.257 e. The Morgan fingerprint density at radius 1 is 1.03 bits per heavy atom. The number of carbonyl (C=O) groups excluding carboxylic acids is 1. The molecular weight excluding hydrogens is 418 g/mol. The van der Waals surface area contributed by atoms with Crippen LogP contribution in [0.1, 0.15) is 15.2 Å². The van der Waals surface area contributed by atoms with Crippen molar-refractivity contribution in [3.8, 4) is 5.69 Å². The molecule has 3 heterocycles. The van der Waals surface area contributed by atoms with Gasteiger partial charge in [-0.1, -0.05) is 29.8 Å². The molecule has 0 radical (unpaired) electrons. The van der Waals surface area contributed by atoms with E-state index in [1.165, 1.54) is 0 Å². The van der Waals surface area contributed by atoms with Gasteiger partial charge in [0.1, 0.15) is 16.9 Å². The van der Waals surface area contributed by atoms with Crippen molar-refractivity contribution in [2.24, 2.45) is 0 Å². The van der Waals surface area contributed by atoms with Crippen molar-refractivity contribution in [3.05, 3.63) is 81.5 Å². The number of rotatable bonds is 4. The second kappa shape index (κ2) is 7.44. The number of amides is 1. The maximum absolute atomic E-state index is 13.1. The Hall–Kier alpha value is -3.42. The van der Waals surface area contributed by atoms with Crippen LogP contribution < -0.4 is 11.1 Å². The van der Waals surface area contributed by atoms with Gasteiger partial charge >= 0.3 is 0 Å². The molecular formula is C22H16ClN5OS. The highest BCUT2D eigenvalue weighted by molar-refractivity contribution is 7.09. The zero-order valence-corrected chi connectivity index (χ0v) is 17.2. The number of fused-ring (bicyclic) bond motifs is 2. The third kappa shape index (κ3) is 3.18. The molecule has 5 rings (SSSR count). The molecule has 0 aliphatic heterocycles. The number of halogens is 1. The number of hydrogen-bond donors (Lipinski definition) is 2. The van der Waals surface area contributed by atoms with Crippen LogP contribution in [0.15, 0.2) is 66.0 Å². The van der Waals surface area contributed by atoms with Gasteiger partial charge in [-0.3, -0.25) is 9.36 Å². The topological polar surface area (TPSA) is 85.8 Å². The van der Waals surface area contributed by atoms with Gasteiger partial charge in [0, 0.05) is 15.6 Å². The molecule has 5 aromatic rings. The lowest BCUT2D eigenvalue weighted by Crippen LogP contribution is -2.23. The number of nitrogens with one attached hydrogen (secondary N) is 1. The number of anilines is 1. The van der Waals surface area contributed by atoms with Crippen LogP contribution in [0.4, 0.5) is 5.82 Å². The van der Waals surface area contributed by atoms with Gasteiger partial charge in [0.2, 0.25) is 0 Å². The minimum absolute atomic E-state index is 0.284. The van der Waals surface area contributed by atoms with Crippen LogP contribution in [0.25, 0.3) is 27.9 Å². The van der Waals surface area contributed by atoms with Gasteiger partial charge in [0.25, 0.3) is 5.91 Å². The van der Waals surface area contributed by atoms with Crippen molar-refractivity contribution in [1.82, 2.24) is 19.9 Å². The van der Waals surface area contributed by atoms with Crippen LogP contribution in [0.3, 0.4) is 0 Å². The first-order valence-electron chi connectivity index (χ1n) is 9.25. The fourth-order valence-electron chi connectivity index (χ4n) is 3.41. The molecule has 0 fully saturated rings. The summed E-state index contributed by atoms with van der Waals surface area (Å²) in [4.78, 5) is 23.7. The molecule has 3 N–H and O–H groups in total. The molecule has 148 valence electrons. The van der Waals surface area contributed by atoms with Crippen LogP contribution in [0, 0.1) is 0 Å². The summed E-state index contributed by atoms with van der Waals surface area (Å²) in [5, 5.41) is 5.53. The third-order valence-corrected chi connectivity index (χ3v) is 5.94. The van der Waals surface area contributed by atoms with Crippen LogP contribution >= 0.6 is 22.9 Å². The van der Waals surface area contributed by atoms with Crippen molar-refractivity contribution in [3.63, 3.8) is 0 Å². The molecule has 0 saturated heterocycles. The Bertz CT molecular complexity index is 1380. The van der Waals surface area contributed by atoms with Crippen molar-refractivity contribution < 1.29 is 4.79 Å². The smallest absolute Gasteiger partial charge is 0.257 e. The van der Waals surface area contributed by atoms with Gasteiger partial charge in [-0.25, -0.2) is 9.97 Å². The number of aromatic nitrogens is 3. The second-order valence-electron chi connectivity index (χ2n) is 6.72. The summed E-state index contributed by atoms with van der Waals surface area (Å²) < 4.78 is 1.74. The van der Waals surface area contributed by atoms with E-state index >= 15 is 0 Å². The summed E-state index contributed by atoms with van der Waals surface area (Å²) >= 11 is 7.63. The summed E-state index contributed by atoms with van der Waals surface area (Å²) in [6, 6.07) is 18.7. The van der Waals surface area contributed by atoms with Gasteiger partial charge in [0.15, 0.2) is 5.65 Å². The van der Waals surface area contributed by atoms with E-state index in [2.05, 4.69) is 5.32 Å². The molecule has 2 aromatic carbocycles. The van der Waals surface area contributed by atoms with Crippen molar-refractivity contribution in [2.75, 3.05) is 5.73 Å². The summed E-state index contributed by atoms with van der Waals surface area (Å²) in [6.07, 6.45) is 0. The number of carbonyl (C=O) groups is 1. The average Bonchev–Trinajstić information content (AvgIpc) is 3.37. The Morgan fingerprint density at radius 3 is 2.47 bits per heavy atom. The molecule has 3 aromatic heterocycles. The zero-order valence-electron chi connectivity index (χ0n) is 15.7. The first-order valence-corrected chi connectivity index (χ1v) is 10.5. The van der Waals surface area contributed by atoms with E-state index in [9.17, 15) is 4.79 Å². The van der Waals surface area contributed by atoms with E-state index in [4.69, 9.17) is 27.3 Å². The number of nitrogen functional groups attached to an aromatic ring is 1. The highest BCUT2D eigenvalue weighted by Crippen LogP contribution is 2.31. The molecule has 0 aliphatic carbocycles. The predicted molar refractivity (Wildman–Crippen MR) is 121 cm³/mol. The van der Waals surface area contributed by atoms with Gasteiger partial charge in [-0.15, -0.1) is 11.3 Å². The highest BCUT2D eigenvalue weighted by atomic mass is 35.5. The highest BCUT2D eigenvalue weighted by Gasteiger charge is 2.24. The summed E-state index contributed by atoms with van der Waals surface area (Å²) in [7, 11) is 0. The molecule has 0 saturated carbocycles.